The van der Waals surface area contributed by atoms with Gasteiger partial charge in [-0.15, -0.1) is 0 Å². The number of benzene rings is 4. The second-order valence-electron chi connectivity index (χ2n) is 37.0. The summed E-state index contributed by atoms with van der Waals surface area (Å²) in [5, 5.41) is 0. The van der Waals surface area contributed by atoms with Crippen LogP contribution in [0.4, 0.5) is 0 Å². The van der Waals surface area contributed by atoms with Crippen LogP contribution in [-0.4, -0.2) is 17.6 Å². The summed E-state index contributed by atoms with van der Waals surface area (Å²) in [5.41, 5.74) is 38.7. The molecule has 8 unspecified atom stereocenters. The van der Waals surface area contributed by atoms with Crippen LogP contribution >= 0.6 is 17.2 Å². The predicted molar refractivity (Wildman–Crippen MR) is 434 cm³/mol. The minimum absolute atomic E-state index is 0.00435. The van der Waals surface area contributed by atoms with Crippen LogP contribution in [0.25, 0.3) is 0 Å². The summed E-state index contributed by atoms with van der Waals surface area (Å²) in [6, 6.07) is 20.3. The Morgan fingerprint density at radius 1 is 0.293 bits per heavy atom. The van der Waals surface area contributed by atoms with Gasteiger partial charge < -0.3 is 0 Å². The van der Waals surface area contributed by atoms with Crippen LogP contribution in [0.3, 0.4) is 0 Å². The molecule has 14 rings (SSSR count). The average molecular weight is 1550 g/mol. The number of aryl methyl sites for hydroxylation is 8. The Morgan fingerprint density at radius 3 is 0.626 bits per heavy atom. The molecule has 2 heterocycles. The van der Waals surface area contributed by atoms with Gasteiger partial charge in [-0.25, -0.2) is 0 Å². The Bertz CT molecular complexity index is 4210. The summed E-state index contributed by atoms with van der Waals surface area (Å²) in [4.78, 5) is 0. The first-order valence-electron chi connectivity index (χ1n) is 37.4. The molecular weight excluding hydrogens is 1430 g/mol. The Labute approximate surface area is 605 Å². The number of halogens is 2. The Balaban J connectivity index is 1.19. The summed E-state index contributed by atoms with van der Waals surface area (Å²) in [6.07, 6.45) is 50.5. The zero-order chi connectivity index (χ0) is 71.8. The van der Waals surface area contributed by atoms with E-state index in [0.717, 1.165) is 0 Å². The maximum atomic E-state index is 11.7. The third kappa shape index (κ3) is 8.09. The van der Waals surface area contributed by atoms with E-state index in [1.807, 2.05) is 0 Å². The number of fused-ring (bicyclic) bond motifs is 8. The topological polar surface area (TPSA) is 0 Å². The van der Waals surface area contributed by atoms with Crippen molar-refractivity contribution in [2.75, 3.05) is 0 Å². The molecule has 0 aromatic heterocycles. The third-order valence-electron chi connectivity index (χ3n) is 27.8. The van der Waals surface area contributed by atoms with E-state index in [9.17, 15) is 17.2 Å². The van der Waals surface area contributed by atoms with Crippen LogP contribution in [-0.2, 0) is 36.3 Å². The molecule has 0 nitrogen and oxygen atoms in total. The average Bonchev–Trinajstić information content (AvgIpc) is 1.52. The van der Waals surface area contributed by atoms with Gasteiger partial charge in [-0.1, -0.05) is 0 Å². The first-order valence-corrected chi connectivity index (χ1v) is 58.1. The molecular formula is C94H112Cl2HfSi2. The van der Waals surface area contributed by atoms with Crippen LogP contribution < -0.4 is 0 Å². The number of allylic oxidation sites excluding steroid dienone is 32. The minimum atomic E-state index is -7.92. The second-order valence-corrected chi connectivity index (χ2v) is 91.4. The summed E-state index contributed by atoms with van der Waals surface area (Å²) in [6.45, 7) is 63.2. The first kappa shape index (κ1) is 70.6. The molecule has 4 aromatic rings. The Hall–Kier alpha value is -5.40. The molecule has 0 N–H and O–H groups in total. The molecule has 5 heteroatoms. The van der Waals surface area contributed by atoms with E-state index in [-0.39, 0.29) is 45.3 Å². The fourth-order valence-corrected chi connectivity index (χ4v) is 199. The molecule has 2 fully saturated rings. The number of rotatable bonds is 4. The van der Waals surface area contributed by atoms with Crippen molar-refractivity contribution in [3.05, 3.63) is 326 Å². The number of hydrogen-bond acceptors (Lipinski definition) is 0. The molecule has 8 aliphatic carbocycles. The first-order chi connectivity index (χ1) is 46.1. The molecule has 8 atom stereocenters. The van der Waals surface area contributed by atoms with Crippen molar-refractivity contribution in [2.24, 2.45) is 0 Å². The quantitative estimate of drug-likeness (QED) is 0.179. The van der Waals surface area contributed by atoms with E-state index in [4.69, 9.17) is 0 Å². The Kier molecular flexibility index (Phi) is 15.8. The van der Waals surface area contributed by atoms with Gasteiger partial charge in [0.1, 0.15) is 0 Å². The summed E-state index contributed by atoms with van der Waals surface area (Å²) < 4.78 is -2.85. The molecule has 0 radical (unpaired) electrons. The molecule has 514 valence electrons. The van der Waals surface area contributed by atoms with E-state index in [0.29, 0.717) is 0 Å². The molecule has 4 aromatic carbocycles. The monoisotopic (exact) mass is 1550 g/mol. The van der Waals surface area contributed by atoms with Gasteiger partial charge in [0, 0.05) is 0 Å². The van der Waals surface area contributed by atoms with Crippen LogP contribution in [0.15, 0.2) is 237 Å². The van der Waals surface area contributed by atoms with Gasteiger partial charge in [0.05, 0.1) is 0 Å². The van der Waals surface area contributed by atoms with Crippen LogP contribution in [0.2, 0.25) is 24.3 Å². The molecule has 10 aliphatic rings. The van der Waals surface area contributed by atoms with Crippen molar-refractivity contribution in [1.82, 2.24) is 0 Å². The fraction of sp³-hybridized carbons (Fsp3) is 0.404. The summed E-state index contributed by atoms with van der Waals surface area (Å²) in [5.74, 6) is -0.127. The zero-order valence-electron chi connectivity index (χ0n) is 64.9. The molecule has 0 saturated carbocycles. The molecule has 0 amide bonds. The van der Waals surface area contributed by atoms with E-state index < -0.39 is 43.4 Å². The fourth-order valence-electron chi connectivity index (χ4n) is 27.3. The van der Waals surface area contributed by atoms with Crippen LogP contribution in [0.5, 0.6) is 0 Å². The molecule has 2 saturated heterocycles. The van der Waals surface area contributed by atoms with E-state index in [1.54, 1.807) is 0 Å². The maximum absolute atomic E-state index is 11.7. The van der Waals surface area contributed by atoms with Crippen LogP contribution in [0.1, 0.15) is 223 Å². The SMILES string of the molecule is CC1=CC2=C(C=CC=CC2c2cc(C)c(C(C)(C)C)c(C)c2)[C]12[SiH](C)[C]1(C(C)=CC3=C1C=CC=CC3c1cc(C)c(C(C)(C)C)c(C)c1)[Hf]21([Cl])([Cl])[C]2(C(C)=CC3=C2C=CC=CC3c2cc(C)c(C(C)(C)C)c(C)c2)[SiH](C)[C]12C(C)=CC1=C2C=CC=CC1c1cc(C)c(C(C)(C)C)c(C)c1. The van der Waals surface area contributed by atoms with Crippen molar-refractivity contribution in [2.45, 2.75) is 236 Å². The van der Waals surface area contributed by atoms with E-state index in [1.165, 1.54) is 156 Å². The molecule has 0 bridgehead atoms. The number of hydrogen-bond donors (Lipinski definition) is 0. The van der Waals surface area contributed by atoms with Crippen molar-refractivity contribution >= 4 is 34.7 Å². The van der Waals surface area contributed by atoms with Gasteiger partial charge in [-0.05, 0) is 0 Å². The third-order valence-corrected chi connectivity index (χ3v) is 145. The van der Waals surface area contributed by atoms with Crippen LogP contribution in [0, 0.1) is 55.4 Å². The van der Waals surface area contributed by atoms with E-state index >= 15 is 0 Å². The standard InChI is InChI=1S/2C47H56Si.2ClH.Hf/c2*1-28-22-34(23-29(2)42(28)46(7,8)9)36-18-14-16-20-38-40(36)26-32(5)44(38)48(13)45-33(6)27-41-37(19-15-17-21-39(41)45)35-24-30(3)43(31(4)25-35)47(10,11)12;;;/h2*14-27,36-37,48H,1-13H3;2*1H;/q;;;;+2/p-2. The van der Waals surface area contributed by atoms with Gasteiger partial charge in [0.25, 0.3) is 0 Å². The summed E-state index contributed by atoms with van der Waals surface area (Å²) >= 11 is -7.92. The van der Waals surface area contributed by atoms with Gasteiger partial charge in [-0.3, -0.25) is 0 Å². The van der Waals surface area contributed by atoms with Gasteiger partial charge >= 0.3 is 611 Å². The van der Waals surface area contributed by atoms with Crippen molar-refractivity contribution in [1.29, 1.82) is 0 Å². The van der Waals surface area contributed by atoms with Gasteiger partial charge in [-0.2, -0.15) is 0 Å². The molecule has 5 spiro atoms. The summed E-state index contributed by atoms with van der Waals surface area (Å²) in [7, 11) is 18.2. The molecule has 2 aliphatic heterocycles. The zero-order valence-corrected chi connectivity index (χ0v) is 72.3. The van der Waals surface area contributed by atoms with Gasteiger partial charge in [0.2, 0.25) is 0 Å². The van der Waals surface area contributed by atoms with Gasteiger partial charge in [0.15, 0.2) is 0 Å². The van der Waals surface area contributed by atoms with Crippen molar-refractivity contribution in [3.63, 3.8) is 0 Å². The molecule has 99 heavy (non-hydrogen) atoms. The second kappa shape index (κ2) is 22.1. The predicted octanol–water partition coefficient (Wildman–Crippen LogP) is 26.4. The van der Waals surface area contributed by atoms with Crippen molar-refractivity contribution in [3.8, 4) is 0 Å². The Morgan fingerprint density at radius 2 is 0.465 bits per heavy atom. The van der Waals surface area contributed by atoms with Crippen molar-refractivity contribution < 1.29 is 14.7 Å². The normalized spacial score (nSPS) is 31.2. The van der Waals surface area contributed by atoms with E-state index in [2.05, 4.69) is 349 Å².